The normalized spacial score (nSPS) is 11.7. The summed E-state index contributed by atoms with van der Waals surface area (Å²) in [7, 11) is -3.34. The van der Waals surface area contributed by atoms with Crippen LogP contribution in [0.5, 0.6) is 5.75 Å². The highest BCUT2D eigenvalue weighted by atomic mass is 32.2. The SMILES string of the molecule is CS(=O)(=O)c1ccc(-c2[nH]c(=O)c3cc(F)ccc3c2OCCN)cc1. The van der Waals surface area contributed by atoms with E-state index in [-0.39, 0.29) is 23.4 Å². The van der Waals surface area contributed by atoms with Crippen molar-refractivity contribution in [2.45, 2.75) is 4.90 Å². The van der Waals surface area contributed by atoms with Crippen LogP contribution < -0.4 is 16.0 Å². The molecule has 0 saturated heterocycles. The van der Waals surface area contributed by atoms with E-state index in [2.05, 4.69) is 4.98 Å². The van der Waals surface area contributed by atoms with E-state index in [9.17, 15) is 17.6 Å². The maximum Gasteiger partial charge on any atom is 0.256 e. The van der Waals surface area contributed by atoms with E-state index in [1.165, 1.54) is 24.3 Å². The van der Waals surface area contributed by atoms with Gasteiger partial charge in [-0.2, -0.15) is 0 Å². The minimum atomic E-state index is -3.34. The van der Waals surface area contributed by atoms with Gasteiger partial charge in [0.2, 0.25) is 0 Å². The summed E-state index contributed by atoms with van der Waals surface area (Å²) in [4.78, 5) is 15.2. The minimum Gasteiger partial charge on any atom is -0.489 e. The number of ether oxygens (including phenoxy) is 1. The Bertz CT molecular complexity index is 1120. The van der Waals surface area contributed by atoms with Gasteiger partial charge in [0.15, 0.2) is 15.6 Å². The van der Waals surface area contributed by atoms with Gasteiger partial charge in [-0.25, -0.2) is 12.8 Å². The van der Waals surface area contributed by atoms with Gasteiger partial charge < -0.3 is 15.5 Å². The van der Waals surface area contributed by atoms with E-state index >= 15 is 0 Å². The van der Waals surface area contributed by atoms with Crippen molar-refractivity contribution in [2.24, 2.45) is 5.73 Å². The highest BCUT2D eigenvalue weighted by molar-refractivity contribution is 7.90. The Balaban J connectivity index is 2.24. The van der Waals surface area contributed by atoms with Gasteiger partial charge >= 0.3 is 0 Å². The standard InChI is InChI=1S/C18H17FN2O4S/c1-26(23,24)13-5-2-11(3-6-13)16-17(25-9-8-20)14-7-4-12(19)10-15(14)18(22)21-16/h2-7,10H,8-9,20H2,1H3,(H,21,22). The Hall–Kier alpha value is -2.71. The predicted octanol–water partition coefficient (Wildman–Crippen LogP) is 2.08. The molecule has 0 aliphatic heterocycles. The summed E-state index contributed by atoms with van der Waals surface area (Å²) in [6.45, 7) is 0.460. The van der Waals surface area contributed by atoms with E-state index in [0.717, 1.165) is 12.3 Å². The van der Waals surface area contributed by atoms with Crippen molar-refractivity contribution in [3.05, 3.63) is 58.6 Å². The Morgan fingerprint density at radius 2 is 1.81 bits per heavy atom. The van der Waals surface area contributed by atoms with Crippen LogP contribution in [0.1, 0.15) is 0 Å². The number of fused-ring (bicyclic) bond motifs is 1. The maximum atomic E-state index is 13.5. The Morgan fingerprint density at radius 3 is 2.42 bits per heavy atom. The number of aromatic nitrogens is 1. The van der Waals surface area contributed by atoms with E-state index in [4.69, 9.17) is 10.5 Å². The van der Waals surface area contributed by atoms with Crippen molar-refractivity contribution in [1.29, 1.82) is 0 Å². The number of sulfone groups is 1. The average molecular weight is 376 g/mol. The van der Waals surface area contributed by atoms with Gasteiger partial charge in [-0.1, -0.05) is 12.1 Å². The summed E-state index contributed by atoms with van der Waals surface area (Å²) < 4.78 is 42.5. The van der Waals surface area contributed by atoms with Crippen molar-refractivity contribution in [3.63, 3.8) is 0 Å². The number of nitrogens with two attached hydrogens (primary N) is 1. The van der Waals surface area contributed by atoms with Crippen LogP contribution in [0.3, 0.4) is 0 Å². The first-order chi connectivity index (χ1) is 12.3. The third-order valence-corrected chi connectivity index (χ3v) is 5.00. The van der Waals surface area contributed by atoms with Gasteiger partial charge in [-0.15, -0.1) is 0 Å². The van der Waals surface area contributed by atoms with Gasteiger partial charge in [0.25, 0.3) is 5.56 Å². The lowest BCUT2D eigenvalue weighted by molar-refractivity contribution is 0.332. The number of H-pyrrole nitrogens is 1. The monoisotopic (exact) mass is 376 g/mol. The Kier molecular flexibility index (Phi) is 4.80. The summed E-state index contributed by atoms with van der Waals surface area (Å²) in [5, 5.41) is 0.610. The van der Waals surface area contributed by atoms with Gasteiger partial charge in [0.1, 0.15) is 12.4 Å². The molecule has 0 spiro atoms. The number of halogens is 1. The third-order valence-electron chi connectivity index (χ3n) is 3.87. The van der Waals surface area contributed by atoms with E-state index in [0.29, 0.717) is 22.4 Å². The fourth-order valence-corrected chi connectivity index (χ4v) is 3.29. The first-order valence-corrected chi connectivity index (χ1v) is 9.69. The van der Waals surface area contributed by atoms with Gasteiger partial charge in [-0.05, 0) is 30.3 Å². The molecule has 136 valence electrons. The molecule has 2 aromatic carbocycles. The largest absolute Gasteiger partial charge is 0.489 e. The number of hydrogen-bond acceptors (Lipinski definition) is 5. The van der Waals surface area contributed by atoms with E-state index < -0.39 is 21.2 Å². The van der Waals surface area contributed by atoms with Crippen LogP contribution in [0.15, 0.2) is 52.2 Å². The first-order valence-electron chi connectivity index (χ1n) is 7.80. The van der Waals surface area contributed by atoms with Crippen LogP contribution >= 0.6 is 0 Å². The van der Waals surface area contributed by atoms with E-state index in [1.54, 1.807) is 12.1 Å². The molecule has 3 rings (SSSR count). The topological polar surface area (TPSA) is 102 Å². The minimum absolute atomic E-state index is 0.161. The zero-order chi connectivity index (χ0) is 18.9. The quantitative estimate of drug-likeness (QED) is 0.710. The van der Waals surface area contributed by atoms with Crippen LogP contribution in [0.25, 0.3) is 22.0 Å². The number of nitrogens with one attached hydrogen (secondary N) is 1. The second-order valence-corrected chi connectivity index (χ2v) is 7.80. The summed E-state index contributed by atoms with van der Waals surface area (Å²) in [6, 6.07) is 9.90. The van der Waals surface area contributed by atoms with Crippen LogP contribution in [-0.2, 0) is 9.84 Å². The summed E-state index contributed by atoms with van der Waals surface area (Å²) >= 11 is 0. The zero-order valence-electron chi connectivity index (χ0n) is 14.0. The predicted molar refractivity (Wildman–Crippen MR) is 97.6 cm³/mol. The first kappa shape index (κ1) is 18.1. The smallest absolute Gasteiger partial charge is 0.256 e. The number of aromatic amines is 1. The molecule has 3 N–H and O–H groups in total. The van der Waals surface area contributed by atoms with Gasteiger partial charge in [0, 0.05) is 23.8 Å². The van der Waals surface area contributed by atoms with Crippen molar-refractivity contribution in [2.75, 3.05) is 19.4 Å². The summed E-state index contributed by atoms with van der Waals surface area (Å²) in [5.41, 5.74) is 5.98. The molecule has 0 saturated carbocycles. The highest BCUT2D eigenvalue weighted by Gasteiger charge is 2.16. The van der Waals surface area contributed by atoms with Crippen molar-refractivity contribution >= 4 is 20.6 Å². The lowest BCUT2D eigenvalue weighted by Gasteiger charge is -2.14. The molecule has 8 heteroatoms. The lowest BCUT2D eigenvalue weighted by atomic mass is 10.1. The molecule has 1 aromatic heterocycles. The van der Waals surface area contributed by atoms with Crippen LogP contribution in [0.4, 0.5) is 4.39 Å². The number of rotatable bonds is 5. The average Bonchev–Trinajstić information content (AvgIpc) is 2.60. The lowest BCUT2D eigenvalue weighted by Crippen LogP contribution is -2.15. The second-order valence-electron chi connectivity index (χ2n) is 5.78. The molecular formula is C18H17FN2O4S. The van der Waals surface area contributed by atoms with Crippen LogP contribution in [-0.4, -0.2) is 32.8 Å². The summed E-state index contributed by atoms with van der Waals surface area (Å²) in [6.07, 6.45) is 1.12. The Labute approximate surface area is 149 Å². The molecule has 0 aliphatic carbocycles. The maximum absolute atomic E-state index is 13.5. The molecule has 6 nitrogen and oxygen atoms in total. The molecule has 0 atom stereocenters. The van der Waals surface area contributed by atoms with Gasteiger partial charge in [-0.3, -0.25) is 4.79 Å². The van der Waals surface area contributed by atoms with Crippen LogP contribution in [0.2, 0.25) is 0 Å². The fraction of sp³-hybridized carbons (Fsp3) is 0.167. The molecule has 26 heavy (non-hydrogen) atoms. The fourth-order valence-electron chi connectivity index (χ4n) is 2.66. The molecule has 0 radical (unpaired) electrons. The number of pyridine rings is 1. The van der Waals surface area contributed by atoms with Crippen molar-refractivity contribution < 1.29 is 17.5 Å². The molecule has 1 heterocycles. The van der Waals surface area contributed by atoms with E-state index in [1.807, 2.05) is 0 Å². The van der Waals surface area contributed by atoms with Crippen LogP contribution in [0, 0.1) is 5.82 Å². The molecule has 3 aromatic rings. The van der Waals surface area contributed by atoms with Crippen molar-refractivity contribution in [1.82, 2.24) is 4.98 Å². The molecule has 0 aliphatic rings. The zero-order valence-corrected chi connectivity index (χ0v) is 14.8. The molecule has 0 amide bonds. The molecular weight excluding hydrogens is 359 g/mol. The second kappa shape index (κ2) is 6.89. The molecule has 0 bridgehead atoms. The third kappa shape index (κ3) is 3.47. The van der Waals surface area contributed by atoms with Gasteiger partial charge in [0.05, 0.1) is 16.0 Å². The highest BCUT2D eigenvalue weighted by Crippen LogP contribution is 2.34. The molecule has 0 fully saturated rings. The number of hydrogen-bond donors (Lipinski definition) is 2. The number of benzene rings is 2. The molecule has 0 unspecified atom stereocenters. The Morgan fingerprint density at radius 1 is 1.12 bits per heavy atom. The van der Waals surface area contributed by atoms with Crippen molar-refractivity contribution in [3.8, 4) is 17.0 Å². The summed E-state index contributed by atoms with van der Waals surface area (Å²) in [5.74, 6) is -0.171.